The zero-order valence-corrected chi connectivity index (χ0v) is 11.8. The van der Waals surface area contributed by atoms with Crippen LogP contribution < -0.4 is 5.32 Å². The Balaban J connectivity index is 0.00000256. The van der Waals surface area contributed by atoms with Gasteiger partial charge in [0.15, 0.2) is 0 Å². The summed E-state index contributed by atoms with van der Waals surface area (Å²) in [7, 11) is 0. The van der Waals surface area contributed by atoms with Gasteiger partial charge in [-0.1, -0.05) is 13.8 Å². The van der Waals surface area contributed by atoms with Gasteiger partial charge in [-0.25, -0.2) is 0 Å². The predicted molar refractivity (Wildman–Crippen MR) is 71.8 cm³/mol. The minimum atomic E-state index is -0.649. The molecule has 1 heterocycles. The van der Waals surface area contributed by atoms with Gasteiger partial charge in [-0.05, 0) is 19.8 Å². The van der Waals surface area contributed by atoms with Crippen LogP contribution in [0.3, 0.4) is 0 Å². The molecule has 1 atom stereocenters. The van der Waals surface area contributed by atoms with Crippen molar-refractivity contribution in [2.24, 2.45) is 5.41 Å². The molecule has 0 spiro atoms. The normalized spacial score (nSPS) is 21.9. The summed E-state index contributed by atoms with van der Waals surface area (Å²) in [4.78, 5) is 13.7. The number of halogens is 1. The van der Waals surface area contributed by atoms with E-state index in [2.05, 4.69) is 17.1 Å². The Bertz CT molecular complexity index is 245. The van der Waals surface area contributed by atoms with Crippen LogP contribution in [0.4, 0.5) is 0 Å². The number of aliphatic carboxylic acids is 1. The van der Waals surface area contributed by atoms with Crippen LogP contribution in [0.1, 0.15) is 33.6 Å². The average molecular weight is 265 g/mol. The van der Waals surface area contributed by atoms with E-state index in [-0.39, 0.29) is 12.4 Å². The number of carboxylic acid groups (broad SMARTS) is 1. The van der Waals surface area contributed by atoms with E-state index in [1.165, 1.54) is 0 Å². The molecule has 0 aromatic rings. The van der Waals surface area contributed by atoms with E-state index in [0.29, 0.717) is 25.4 Å². The van der Waals surface area contributed by atoms with Crippen molar-refractivity contribution in [2.45, 2.75) is 39.7 Å². The van der Waals surface area contributed by atoms with E-state index in [9.17, 15) is 9.90 Å². The van der Waals surface area contributed by atoms with Crippen LogP contribution in [-0.2, 0) is 4.79 Å². The highest BCUT2D eigenvalue weighted by molar-refractivity contribution is 5.85. The maximum Gasteiger partial charge on any atom is 0.310 e. The van der Waals surface area contributed by atoms with Crippen molar-refractivity contribution in [1.29, 1.82) is 0 Å². The van der Waals surface area contributed by atoms with E-state index in [1.807, 2.05) is 13.8 Å². The molecule has 0 amide bonds. The molecule has 0 aromatic carbocycles. The van der Waals surface area contributed by atoms with Crippen molar-refractivity contribution in [3.8, 4) is 0 Å². The number of nitrogens with one attached hydrogen (secondary N) is 1. The Kier molecular flexibility index (Phi) is 7.05. The lowest BCUT2D eigenvalue weighted by atomic mass is 9.81. The molecule has 1 fully saturated rings. The summed E-state index contributed by atoms with van der Waals surface area (Å²) in [6.07, 6.45) is 1.41. The third-order valence-corrected chi connectivity index (χ3v) is 3.79. The maximum absolute atomic E-state index is 11.4. The molecule has 0 radical (unpaired) electrons. The zero-order valence-electron chi connectivity index (χ0n) is 11.0. The van der Waals surface area contributed by atoms with Crippen LogP contribution in [0.2, 0.25) is 0 Å². The van der Waals surface area contributed by atoms with Gasteiger partial charge >= 0.3 is 5.97 Å². The van der Waals surface area contributed by atoms with Gasteiger partial charge in [0.1, 0.15) is 0 Å². The molecule has 1 rings (SSSR count). The first-order valence-corrected chi connectivity index (χ1v) is 6.23. The summed E-state index contributed by atoms with van der Waals surface area (Å²) >= 11 is 0. The lowest BCUT2D eigenvalue weighted by Crippen LogP contribution is -2.53. The minimum absolute atomic E-state index is 0. The fraction of sp³-hybridized carbons (Fsp3) is 0.917. The van der Waals surface area contributed by atoms with Gasteiger partial charge in [0.25, 0.3) is 0 Å². The summed E-state index contributed by atoms with van der Waals surface area (Å²) in [5, 5.41) is 12.8. The second-order valence-electron chi connectivity index (χ2n) is 4.88. The molecule has 1 aliphatic rings. The molecule has 1 saturated heterocycles. The molecule has 0 bridgehead atoms. The summed E-state index contributed by atoms with van der Waals surface area (Å²) in [5.74, 6) is -0.649. The molecular weight excluding hydrogens is 240 g/mol. The first-order chi connectivity index (χ1) is 7.54. The SMILES string of the molecule is CCC(CC)(CN1CCN[C@H](C)C1)C(=O)O.Cl. The molecule has 0 aliphatic carbocycles. The van der Waals surface area contributed by atoms with Gasteiger partial charge in [0.05, 0.1) is 5.41 Å². The van der Waals surface area contributed by atoms with Crippen molar-refractivity contribution < 1.29 is 9.90 Å². The van der Waals surface area contributed by atoms with E-state index >= 15 is 0 Å². The van der Waals surface area contributed by atoms with Gasteiger partial charge in [-0.15, -0.1) is 12.4 Å². The highest BCUT2D eigenvalue weighted by atomic mass is 35.5. The highest BCUT2D eigenvalue weighted by Crippen LogP contribution is 2.28. The average Bonchev–Trinajstić information content (AvgIpc) is 2.25. The first kappa shape index (κ1) is 16.7. The summed E-state index contributed by atoms with van der Waals surface area (Å²) in [6, 6.07) is 0.467. The second-order valence-corrected chi connectivity index (χ2v) is 4.88. The zero-order chi connectivity index (χ0) is 12.2. The number of piperazine rings is 1. The molecule has 0 saturated carbocycles. The number of hydrogen-bond acceptors (Lipinski definition) is 3. The summed E-state index contributed by atoms with van der Waals surface area (Å²) in [5.41, 5.74) is -0.558. The molecule has 5 heteroatoms. The predicted octanol–water partition coefficient (Wildman–Crippen LogP) is 1.59. The first-order valence-electron chi connectivity index (χ1n) is 6.23. The topological polar surface area (TPSA) is 52.6 Å². The van der Waals surface area contributed by atoms with Crippen LogP contribution in [0.25, 0.3) is 0 Å². The lowest BCUT2D eigenvalue weighted by molar-refractivity contribution is -0.151. The van der Waals surface area contributed by atoms with E-state index < -0.39 is 11.4 Å². The molecular formula is C12H25ClN2O2. The Morgan fingerprint density at radius 1 is 1.47 bits per heavy atom. The third-order valence-electron chi connectivity index (χ3n) is 3.79. The Labute approximate surface area is 110 Å². The van der Waals surface area contributed by atoms with Crippen molar-refractivity contribution in [2.75, 3.05) is 26.2 Å². The molecule has 0 aromatic heterocycles. The van der Waals surface area contributed by atoms with Gasteiger partial charge in [-0.3, -0.25) is 9.69 Å². The fourth-order valence-electron chi connectivity index (χ4n) is 2.43. The Morgan fingerprint density at radius 2 is 2.06 bits per heavy atom. The number of carbonyl (C=O) groups is 1. The quantitative estimate of drug-likeness (QED) is 0.792. The third kappa shape index (κ3) is 4.12. The largest absolute Gasteiger partial charge is 0.481 e. The van der Waals surface area contributed by atoms with Crippen molar-refractivity contribution in [3.05, 3.63) is 0 Å². The fourth-order valence-corrected chi connectivity index (χ4v) is 2.43. The molecule has 4 nitrogen and oxygen atoms in total. The van der Waals surface area contributed by atoms with Crippen molar-refractivity contribution in [3.63, 3.8) is 0 Å². The molecule has 2 N–H and O–H groups in total. The van der Waals surface area contributed by atoms with E-state index in [1.54, 1.807) is 0 Å². The van der Waals surface area contributed by atoms with Crippen molar-refractivity contribution >= 4 is 18.4 Å². The highest BCUT2D eigenvalue weighted by Gasteiger charge is 2.37. The van der Waals surface area contributed by atoms with Gasteiger partial charge < -0.3 is 10.4 Å². The monoisotopic (exact) mass is 264 g/mol. The van der Waals surface area contributed by atoms with Crippen LogP contribution in [0.15, 0.2) is 0 Å². The van der Waals surface area contributed by atoms with Crippen LogP contribution in [0.5, 0.6) is 0 Å². The lowest BCUT2D eigenvalue weighted by Gasteiger charge is -2.38. The van der Waals surface area contributed by atoms with Crippen LogP contribution in [-0.4, -0.2) is 48.2 Å². The molecule has 17 heavy (non-hydrogen) atoms. The molecule has 1 aliphatic heterocycles. The molecule has 0 unspecified atom stereocenters. The number of nitrogens with zero attached hydrogens (tertiary/aromatic N) is 1. The number of rotatable bonds is 5. The standard InChI is InChI=1S/C12H24N2O2.ClH/c1-4-12(5-2,11(15)16)9-14-7-6-13-10(3)8-14;/h10,13H,4-9H2,1-3H3,(H,15,16);1H/t10-;/m1./s1. The molecule has 102 valence electrons. The van der Waals surface area contributed by atoms with Gasteiger partial charge in [0, 0.05) is 32.2 Å². The Hall–Kier alpha value is -0.320. The summed E-state index contributed by atoms with van der Waals surface area (Å²) < 4.78 is 0. The van der Waals surface area contributed by atoms with Gasteiger partial charge in [0.2, 0.25) is 0 Å². The number of hydrogen-bond donors (Lipinski definition) is 2. The van der Waals surface area contributed by atoms with E-state index in [4.69, 9.17) is 0 Å². The minimum Gasteiger partial charge on any atom is -0.481 e. The second kappa shape index (κ2) is 7.19. The summed E-state index contributed by atoms with van der Waals surface area (Å²) in [6.45, 7) is 9.65. The van der Waals surface area contributed by atoms with Crippen LogP contribution in [0, 0.1) is 5.41 Å². The van der Waals surface area contributed by atoms with E-state index in [0.717, 1.165) is 19.6 Å². The number of carboxylic acids is 1. The maximum atomic E-state index is 11.4. The Morgan fingerprint density at radius 3 is 2.47 bits per heavy atom. The smallest absolute Gasteiger partial charge is 0.310 e. The van der Waals surface area contributed by atoms with Crippen LogP contribution >= 0.6 is 12.4 Å². The van der Waals surface area contributed by atoms with Gasteiger partial charge in [-0.2, -0.15) is 0 Å². The van der Waals surface area contributed by atoms with Crippen molar-refractivity contribution in [1.82, 2.24) is 10.2 Å².